The summed E-state index contributed by atoms with van der Waals surface area (Å²) in [5.74, 6) is 2.95. The van der Waals surface area contributed by atoms with E-state index in [4.69, 9.17) is 5.11 Å². The fourth-order valence-electron chi connectivity index (χ4n) is 4.36. The van der Waals surface area contributed by atoms with Crippen molar-refractivity contribution in [3.63, 3.8) is 0 Å². The molecule has 1 unspecified atom stereocenters. The van der Waals surface area contributed by atoms with Crippen molar-refractivity contribution in [2.24, 2.45) is 29.6 Å². The topological polar surface area (TPSA) is 37.3 Å². The molecule has 110 valence electrons. The third-order valence-corrected chi connectivity index (χ3v) is 6.05. The SMILES string of the molecule is CCC(C)C1CCC(C2CCC(C(=O)O)CC2)CC1. The van der Waals surface area contributed by atoms with E-state index in [9.17, 15) is 4.79 Å². The average Bonchev–Trinajstić information content (AvgIpc) is 2.46. The summed E-state index contributed by atoms with van der Waals surface area (Å²) < 4.78 is 0. The number of rotatable bonds is 4. The normalized spacial score (nSPS) is 37.8. The Labute approximate surface area is 118 Å². The second-order valence-electron chi connectivity index (χ2n) is 7.01. The lowest BCUT2D eigenvalue weighted by molar-refractivity contribution is -0.143. The number of carboxylic acids is 1. The summed E-state index contributed by atoms with van der Waals surface area (Å²) in [4.78, 5) is 11.0. The predicted molar refractivity (Wildman–Crippen MR) is 78.0 cm³/mol. The quantitative estimate of drug-likeness (QED) is 0.798. The Kier molecular flexibility index (Phi) is 5.29. The lowest BCUT2D eigenvalue weighted by atomic mass is 9.67. The summed E-state index contributed by atoms with van der Waals surface area (Å²) in [6, 6.07) is 0. The molecule has 2 heteroatoms. The third kappa shape index (κ3) is 3.73. The van der Waals surface area contributed by atoms with Gasteiger partial charge in [0.15, 0.2) is 0 Å². The van der Waals surface area contributed by atoms with Crippen LogP contribution in [0.2, 0.25) is 0 Å². The van der Waals surface area contributed by atoms with Crippen LogP contribution in [0.25, 0.3) is 0 Å². The Morgan fingerprint density at radius 1 is 1.00 bits per heavy atom. The van der Waals surface area contributed by atoms with Crippen LogP contribution in [0.5, 0.6) is 0 Å². The molecule has 1 atom stereocenters. The van der Waals surface area contributed by atoms with Gasteiger partial charge in [-0.15, -0.1) is 0 Å². The van der Waals surface area contributed by atoms with E-state index in [-0.39, 0.29) is 5.92 Å². The van der Waals surface area contributed by atoms with E-state index in [1.807, 2.05) is 0 Å². The Morgan fingerprint density at radius 3 is 1.89 bits per heavy atom. The maximum atomic E-state index is 11.0. The molecule has 2 aliphatic rings. The molecule has 0 aliphatic heterocycles. The van der Waals surface area contributed by atoms with Crippen molar-refractivity contribution in [3.8, 4) is 0 Å². The molecule has 0 saturated heterocycles. The van der Waals surface area contributed by atoms with Crippen molar-refractivity contribution < 1.29 is 9.90 Å². The van der Waals surface area contributed by atoms with Gasteiger partial charge in [0, 0.05) is 0 Å². The van der Waals surface area contributed by atoms with E-state index in [2.05, 4.69) is 13.8 Å². The highest BCUT2D eigenvalue weighted by Crippen LogP contribution is 2.43. The van der Waals surface area contributed by atoms with Crippen LogP contribution < -0.4 is 0 Å². The minimum atomic E-state index is -0.570. The molecule has 19 heavy (non-hydrogen) atoms. The van der Waals surface area contributed by atoms with Crippen LogP contribution in [-0.2, 0) is 4.79 Å². The van der Waals surface area contributed by atoms with Crippen LogP contribution in [0.4, 0.5) is 0 Å². The number of hydrogen-bond donors (Lipinski definition) is 1. The first-order valence-electron chi connectivity index (χ1n) is 8.34. The van der Waals surface area contributed by atoms with Crippen molar-refractivity contribution in [3.05, 3.63) is 0 Å². The van der Waals surface area contributed by atoms with Crippen molar-refractivity contribution >= 4 is 5.97 Å². The van der Waals surface area contributed by atoms with Crippen molar-refractivity contribution in [2.75, 3.05) is 0 Å². The molecule has 0 aromatic heterocycles. The molecular formula is C17H30O2. The molecule has 2 saturated carbocycles. The molecule has 0 aromatic rings. The average molecular weight is 266 g/mol. The lowest BCUT2D eigenvalue weighted by Crippen LogP contribution is -2.29. The van der Waals surface area contributed by atoms with E-state index in [0.29, 0.717) is 0 Å². The van der Waals surface area contributed by atoms with Crippen LogP contribution in [0.15, 0.2) is 0 Å². The standard InChI is InChI=1S/C17H30O2/c1-3-12(2)13-4-6-14(7-5-13)15-8-10-16(11-9-15)17(18)19/h12-16H,3-11H2,1-2H3,(H,18,19). The van der Waals surface area contributed by atoms with Crippen molar-refractivity contribution in [2.45, 2.75) is 71.6 Å². The smallest absolute Gasteiger partial charge is 0.306 e. The molecule has 0 radical (unpaired) electrons. The molecular weight excluding hydrogens is 236 g/mol. The largest absolute Gasteiger partial charge is 0.481 e. The van der Waals surface area contributed by atoms with Gasteiger partial charge >= 0.3 is 5.97 Å². The first-order valence-corrected chi connectivity index (χ1v) is 8.34. The zero-order valence-corrected chi connectivity index (χ0v) is 12.6. The highest BCUT2D eigenvalue weighted by atomic mass is 16.4. The molecule has 0 heterocycles. The summed E-state index contributed by atoms with van der Waals surface area (Å²) in [6.07, 6.45) is 11.1. The second kappa shape index (κ2) is 6.76. The molecule has 2 fully saturated rings. The van der Waals surface area contributed by atoms with Gasteiger partial charge in [-0.05, 0) is 75.0 Å². The minimum Gasteiger partial charge on any atom is -0.481 e. The van der Waals surface area contributed by atoms with Gasteiger partial charge in [0.2, 0.25) is 0 Å². The van der Waals surface area contributed by atoms with Gasteiger partial charge in [-0.3, -0.25) is 4.79 Å². The first kappa shape index (κ1) is 14.9. The highest BCUT2D eigenvalue weighted by molar-refractivity contribution is 5.69. The Hall–Kier alpha value is -0.530. The molecule has 2 nitrogen and oxygen atoms in total. The number of carboxylic acid groups (broad SMARTS) is 1. The summed E-state index contributed by atoms with van der Waals surface area (Å²) in [7, 11) is 0. The van der Waals surface area contributed by atoms with Crippen LogP contribution in [0.3, 0.4) is 0 Å². The van der Waals surface area contributed by atoms with Gasteiger partial charge in [0.1, 0.15) is 0 Å². The summed E-state index contributed by atoms with van der Waals surface area (Å²) in [5.41, 5.74) is 0. The maximum Gasteiger partial charge on any atom is 0.306 e. The van der Waals surface area contributed by atoms with Gasteiger partial charge in [-0.25, -0.2) is 0 Å². The molecule has 2 rings (SSSR count). The first-order chi connectivity index (χ1) is 9.11. The predicted octanol–water partition coefficient (Wildman–Crippen LogP) is 4.73. The Morgan fingerprint density at radius 2 is 1.47 bits per heavy atom. The van der Waals surface area contributed by atoms with Gasteiger partial charge in [0.25, 0.3) is 0 Å². The van der Waals surface area contributed by atoms with Crippen LogP contribution >= 0.6 is 0 Å². The van der Waals surface area contributed by atoms with E-state index < -0.39 is 5.97 Å². The fourth-order valence-corrected chi connectivity index (χ4v) is 4.36. The second-order valence-corrected chi connectivity index (χ2v) is 7.01. The Bertz CT molecular complexity index is 284. The van der Waals surface area contributed by atoms with Gasteiger partial charge in [-0.1, -0.05) is 20.3 Å². The van der Waals surface area contributed by atoms with Gasteiger partial charge < -0.3 is 5.11 Å². The third-order valence-electron chi connectivity index (χ3n) is 6.05. The van der Waals surface area contributed by atoms with E-state index in [0.717, 1.165) is 49.4 Å². The maximum absolute atomic E-state index is 11.0. The zero-order valence-electron chi connectivity index (χ0n) is 12.6. The minimum absolute atomic E-state index is 0.0484. The summed E-state index contributed by atoms with van der Waals surface area (Å²) >= 11 is 0. The monoisotopic (exact) mass is 266 g/mol. The Balaban J connectivity index is 1.75. The van der Waals surface area contributed by atoms with E-state index >= 15 is 0 Å². The molecule has 2 aliphatic carbocycles. The highest BCUT2D eigenvalue weighted by Gasteiger charge is 2.33. The van der Waals surface area contributed by atoms with E-state index in [1.165, 1.54) is 32.1 Å². The molecule has 1 N–H and O–H groups in total. The number of hydrogen-bond acceptors (Lipinski definition) is 1. The van der Waals surface area contributed by atoms with Crippen LogP contribution in [0.1, 0.15) is 71.6 Å². The van der Waals surface area contributed by atoms with Crippen molar-refractivity contribution in [1.29, 1.82) is 0 Å². The molecule has 0 amide bonds. The zero-order chi connectivity index (χ0) is 13.8. The van der Waals surface area contributed by atoms with E-state index in [1.54, 1.807) is 0 Å². The summed E-state index contributed by atoms with van der Waals surface area (Å²) in [5, 5.41) is 9.06. The molecule has 0 aromatic carbocycles. The molecule has 0 bridgehead atoms. The summed E-state index contributed by atoms with van der Waals surface area (Å²) in [6.45, 7) is 4.72. The van der Waals surface area contributed by atoms with Gasteiger partial charge in [0.05, 0.1) is 5.92 Å². The van der Waals surface area contributed by atoms with Gasteiger partial charge in [-0.2, -0.15) is 0 Å². The number of aliphatic carboxylic acids is 1. The lowest BCUT2D eigenvalue weighted by Gasteiger charge is -2.38. The number of carbonyl (C=O) groups is 1. The fraction of sp³-hybridized carbons (Fsp3) is 0.941. The van der Waals surface area contributed by atoms with Crippen molar-refractivity contribution in [1.82, 2.24) is 0 Å². The van der Waals surface area contributed by atoms with Crippen LogP contribution in [0, 0.1) is 29.6 Å². The van der Waals surface area contributed by atoms with Crippen LogP contribution in [-0.4, -0.2) is 11.1 Å². The molecule has 0 spiro atoms.